The van der Waals surface area contributed by atoms with E-state index in [1.165, 1.54) is 37.2 Å². The zero-order valence-electron chi connectivity index (χ0n) is 14.5. The molecule has 0 atom stereocenters. The number of hydrogen-bond donors (Lipinski definition) is 1. The molecule has 0 fully saturated rings. The van der Waals surface area contributed by atoms with Crippen LogP contribution in [0.1, 0.15) is 55.8 Å². The largest absolute Gasteiger partial charge is 0.353 e. The third kappa shape index (κ3) is 9.97. The maximum atomic E-state index is 12.0. The van der Waals surface area contributed by atoms with E-state index < -0.39 is 0 Å². The number of thioether (sulfide) groups is 1. The number of amides is 1. The average molecular weight is 377 g/mol. The Kier molecular flexibility index (Phi) is 11.5. The molecule has 0 aliphatic rings. The van der Waals surface area contributed by atoms with Gasteiger partial charge in [0.05, 0.1) is 10.8 Å². The maximum absolute atomic E-state index is 12.0. The minimum absolute atomic E-state index is 0.127. The molecule has 4 nitrogen and oxygen atoms in total. The monoisotopic (exact) mass is 376 g/mol. The van der Waals surface area contributed by atoms with Crippen molar-refractivity contribution in [3.05, 3.63) is 41.3 Å². The van der Waals surface area contributed by atoms with Gasteiger partial charge in [-0.2, -0.15) is 4.99 Å². The zero-order valence-corrected chi connectivity index (χ0v) is 16.1. The van der Waals surface area contributed by atoms with Gasteiger partial charge in [0.2, 0.25) is 11.0 Å². The molecule has 134 valence electrons. The van der Waals surface area contributed by atoms with E-state index in [9.17, 15) is 9.59 Å². The van der Waals surface area contributed by atoms with Crippen LogP contribution < -0.4 is 5.32 Å². The summed E-state index contributed by atoms with van der Waals surface area (Å²) in [6.07, 6.45) is 8.53. The molecule has 1 aromatic rings. The molecule has 1 amide bonds. The number of rotatable bonds is 11. The fourth-order valence-electron chi connectivity index (χ4n) is 2.13. The van der Waals surface area contributed by atoms with Gasteiger partial charge in [-0.25, -0.2) is 0 Å². The smallest absolute Gasteiger partial charge is 0.244 e. The number of carbonyl (C=O) groups is 2. The summed E-state index contributed by atoms with van der Waals surface area (Å²) in [6.45, 7) is 2.87. The highest BCUT2D eigenvalue weighted by molar-refractivity contribution is 8.16. The minimum atomic E-state index is -0.167. The predicted octanol–water partition coefficient (Wildman–Crippen LogP) is 5.28. The first kappa shape index (κ1) is 21.3. The molecular formula is C19H24N2O2S2. The van der Waals surface area contributed by atoms with Crippen molar-refractivity contribution < 1.29 is 9.59 Å². The van der Waals surface area contributed by atoms with Gasteiger partial charge in [0.15, 0.2) is 0 Å². The van der Waals surface area contributed by atoms with Crippen molar-refractivity contribution >= 4 is 45.9 Å². The number of hydrogen-bond acceptors (Lipinski definition) is 5. The molecule has 0 saturated carbocycles. The van der Waals surface area contributed by atoms with Crippen molar-refractivity contribution in [3.63, 3.8) is 0 Å². The van der Waals surface area contributed by atoms with E-state index in [0.717, 1.165) is 24.6 Å². The molecule has 6 heteroatoms. The van der Waals surface area contributed by atoms with Gasteiger partial charge < -0.3 is 5.32 Å². The topological polar surface area (TPSA) is 58.5 Å². The van der Waals surface area contributed by atoms with E-state index in [-0.39, 0.29) is 11.0 Å². The molecule has 0 bridgehead atoms. The Morgan fingerprint density at radius 1 is 1.16 bits per heavy atom. The first-order valence-corrected chi connectivity index (χ1v) is 9.79. The first-order valence-electron chi connectivity index (χ1n) is 8.50. The summed E-state index contributed by atoms with van der Waals surface area (Å²) in [5.41, 5.74) is 1.20. The highest BCUT2D eigenvalue weighted by atomic mass is 32.2. The van der Waals surface area contributed by atoms with Crippen LogP contribution in [0.25, 0.3) is 0 Å². The second-order valence-corrected chi connectivity index (χ2v) is 6.58. The second kappa shape index (κ2) is 13.5. The summed E-state index contributed by atoms with van der Waals surface area (Å²) in [7, 11) is 0. The molecule has 0 unspecified atom stereocenters. The molecule has 0 aliphatic heterocycles. The Bertz CT molecular complexity index is 621. The molecule has 0 saturated heterocycles. The maximum Gasteiger partial charge on any atom is 0.244 e. The number of benzene rings is 1. The number of nitrogens with zero attached hydrogens (tertiary/aromatic N) is 1. The summed E-state index contributed by atoms with van der Waals surface area (Å²) in [6, 6.07) is 6.74. The van der Waals surface area contributed by atoms with Gasteiger partial charge >= 0.3 is 0 Å². The lowest BCUT2D eigenvalue weighted by Crippen LogP contribution is -2.21. The summed E-state index contributed by atoms with van der Waals surface area (Å²) in [5.74, 6) is -0.167. The van der Waals surface area contributed by atoms with E-state index in [4.69, 9.17) is 0 Å². The van der Waals surface area contributed by atoms with Crippen molar-refractivity contribution in [3.8, 4) is 0 Å². The van der Waals surface area contributed by atoms with E-state index in [2.05, 4.69) is 34.6 Å². The lowest BCUT2D eigenvalue weighted by molar-refractivity contribution is -0.116. The first-order chi connectivity index (χ1) is 12.2. The minimum Gasteiger partial charge on any atom is -0.353 e. The third-order valence-electron chi connectivity index (χ3n) is 3.50. The SMILES string of the molecule is CCCCCCCCNC(=O)C=CSC(=O)c1ccc(N=C=S)cc1. The number of thiocarbonyl (C=S) groups is 1. The van der Waals surface area contributed by atoms with Gasteiger partial charge in [-0.3, -0.25) is 9.59 Å². The number of carbonyl (C=O) groups excluding carboxylic acids is 2. The Morgan fingerprint density at radius 3 is 2.52 bits per heavy atom. The number of aliphatic imine (C=N–C) groups is 1. The lowest BCUT2D eigenvalue weighted by atomic mass is 10.1. The van der Waals surface area contributed by atoms with Crippen LogP contribution in [0.5, 0.6) is 0 Å². The predicted molar refractivity (Wildman–Crippen MR) is 109 cm³/mol. The van der Waals surface area contributed by atoms with E-state index >= 15 is 0 Å². The summed E-state index contributed by atoms with van der Waals surface area (Å²) >= 11 is 5.51. The Balaban J connectivity index is 2.23. The van der Waals surface area contributed by atoms with Gasteiger partial charge in [-0.1, -0.05) is 50.8 Å². The van der Waals surface area contributed by atoms with Gasteiger partial charge in [0, 0.05) is 18.2 Å². The standard InChI is InChI=1S/C19H24N2O2S2/c1-2-3-4-5-6-7-13-20-18(22)12-14-25-19(23)16-8-10-17(11-9-16)21-15-24/h8-12,14H,2-7,13H2,1H3,(H,20,22). The molecule has 0 spiro atoms. The van der Waals surface area contributed by atoms with Gasteiger partial charge in [0.1, 0.15) is 0 Å². The van der Waals surface area contributed by atoms with Crippen LogP contribution >= 0.6 is 24.0 Å². The Morgan fingerprint density at radius 2 is 1.84 bits per heavy atom. The second-order valence-electron chi connectivity index (χ2n) is 5.52. The van der Waals surface area contributed by atoms with Crippen LogP contribution in [-0.2, 0) is 4.79 Å². The van der Waals surface area contributed by atoms with Crippen LogP contribution in [0.2, 0.25) is 0 Å². The van der Waals surface area contributed by atoms with Crippen molar-refractivity contribution in [2.75, 3.05) is 6.54 Å². The summed E-state index contributed by atoms with van der Waals surface area (Å²) < 4.78 is 0. The summed E-state index contributed by atoms with van der Waals surface area (Å²) in [5, 5.41) is 6.49. The highest BCUT2D eigenvalue weighted by Gasteiger charge is 2.04. The quantitative estimate of drug-likeness (QED) is 0.247. The molecule has 1 rings (SSSR count). The third-order valence-corrected chi connectivity index (χ3v) is 4.32. The Hall–Kier alpha value is -1.75. The molecule has 1 N–H and O–H groups in total. The molecule has 25 heavy (non-hydrogen) atoms. The zero-order chi connectivity index (χ0) is 18.3. The van der Waals surface area contributed by atoms with Crippen molar-refractivity contribution in [1.29, 1.82) is 0 Å². The van der Waals surface area contributed by atoms with Crippen molar-refractivity contribution in [2.45, 2.75) is 45.4 Å². The van der Waals surface area contributed by atoms with E-state index in [1.807, 2.05) is 0 Å². The van der Waals surface area contributed by atoms with E-state index in [1.54, 1.807) is 24.3 Å². The van der Waals surface area contributed by atoms with E-state index in [0.29, 0.717) is 17.8 Å². The fraction of sp³-hybridized carbons (Fsp3) is 0.421. The van der Waals surface area contributed by atoms with Gasteiger partial charge in [-0.15, -0.1) is 0 Å². The van der Waals surface area contributed by atoms with Gasteiger partial charge in [0.25, 0.3) is 0 Å². The number of nitrogens with one attached hydrogen (secondary N) is 1. The molecule has 0 aromatic heterocycles. The lowest BCUT2D eigenvalue weighted by Gasteiger charge is -2.02. The number of isothiocyanates is 1. The van der Waals surface area contributed by atoms with Crippen LogP contribution in [0.3, 0.4) is 0 Å². The van der Waals surface area contributed by atoms with Crippen LogP contribution in [-0.4, -0.2) is 22.7 Å². The normalized spacial score (nSPS) is 10.4. The molecule has 1 aromatic carbocycles. The number of unbranched alkanes of at least 4 members (excludes halogenated alkanes) is 5. The molecular weight excluding hydrogens is 352 g/mol. The van der Waals surface area contributed by atoms with Crippen molar-refractivity contribution in [1.82, 2.24) is 5.32 Å². The molecule has 0 aliphatic carbocycles. The molecule has 0 radical (unpaired) electrons. The van der Waals surface area contributed by atoms with Crippen LogP contribution in [0.15, 0.2) is 40.7 Å². The molecule has 0 heterocycles. The fourth-order valence-corrected chi connectivity index (χ4v) is 2.82. The highest BCUT2D eigenvalue weighted by Crippen LogP contribution is 2.17. The summed E-state index contributed by atoms with van der Waals surface area (Å²) in [4.78, 5) is 27.5. The average Bonchev–Trinajstić information content (AvgIpc) is 2.62. The van der Waals surface area contributed by atoms with Crippen molar-refractivity contribution in [2.24, 2.45) is 4.99 Å². The van der Waals surface area contributed by atoms with Gasteiger partial charge in [-0.05, 0) is 48.3 Å². The van der Waals surface area contributed by atoms with Crippen LogP contribution in [0.4, 0.5) is 5.69 Å². The van der Waals surface area contributed by atoms with Crippen LogP contribution in [0, 0.1) is 0 Å². The Labute approximate surface area is 159 Å².